The first-order chi connectivity index (χ1) is 16.9. The predicted octanol–water partition coefficient (Wildman–Crippen LogP) is 6.02. The highest BCUT2D eigenvalue weighted by atomic mass is 35.5. The summed E-state index contributed by atoms with van der Waals surface area (Å²) in [7, 11) is 0. The smallest absolute Gasteiger partial charge is 0.268 e. The highest BCUT2D eigenvalue weighted by Gasteiger charge is 2.33. The number of aromatic nitrogens is 1. The summed E-state index contributed by atoms with van der Waals surface area (Å²) in [6.07, 6.45) is -0.745. The Kier molecular flexibility index (Phi) is 6.23. The third kappa shape index (κ3) is 4.76. The molecule has 1 aliphatic heterocycles. The summed E-state index contributed by atoms with van der Waals surface area (Å²) < 4.78 is 19.2. The second-order valence-corrected chi connectivity index (χ2v) is 9.21. The quantitative estimate of drug-likeness (QED) is 0.358. The zero-order valence-electron chi connectivity index (χ0n) is 18.5. The van der Waals surface area contributed by atoms with E-state index in [9.17, 15) is 14.0 Å². The van der Waals surface area contributed by atoms with E-state index in [0.29, 0.717) is 17.1 Å². The second-order valence-electron chi connectivity index (χ2n) is 7.95. The van der Waals surface area contributed by atoms with Crippen LogP contribution in [0.3, 0.4) is 0 Å². The Labute approximate surface area is 209 Å². The molecule has 0 radical (unpaired) electrons. The average molecular weight is 508 g/mol. The summed E-state index contributed by atoms with van der Waals surface area (Å²) >= 11 is 7.33. The lowest BCUT2D eigenvalue weighted by molar-refractivity contribution is -0.127. The number of thiazole rings is 1. The monoisotopic (exact) mass is 507 g/mol. The molecule has 0 bridgehead atoms. The van der Waals surface area contributed by atoms with Crippen molar-refractivity contribution in [1.29, 1.82) is 0 Å². The fourth-order valence-electron chi connectivity index (χ4n) is 3.77. The van der Waals surface area contributed by atoms with Crippen molar-refractivity contribution in [2.24, 2.45) is 0 Å². The number of amides is 2. The first kappa shape index (κ1) is 23.0. The highest BCUT2D eigenvalue weighted by Crippen LogP contribution is 2.38. The average Bonchev–Trinajstić information content (AvgIpc) is 3.35. The number of halogens is 2. The van der Waals surface area contributed by atoms with Gasteiger partial charge in [0.2, 0.25) is 5.91 Å². The summed E-state index contributed by atoms with van der Waals surface area (Å²) in [4.78, 5) is 31.8. The number of hydrogen-bond donors (Lipinski definition) is 1. The number of anilines is 2. The Bertz CT molecular complexity index is 1430. The van der Waals surface area contributed by atoms with Crippen LogP contribution >= 0.6 is 22.9 Å². The van der Waals surface area contributed by atoms with Gasteiger partial charge in [-0.1, -0.05) is 41.9 Å². The Balaban J connectivity index is 1.42. The van der Waals surface area contributed by atoms with E-state index < -0.39 is 17.8 Å². The van der Waals surface area contributed by atoms with Gasteiger partial charge in [-0.15, -0.1) is 11.3 Å². The first-order valence-electron chi connectivity index (χ1n) is 10.8. The van der Waals surface area contributed by atoms with E-state index in [1.54, 1.807) is 19.1 Å². The first-order valence-corrected chi connectivity index (χ1v) is 12.0. The normalized spacial score (nSPS) is 14.9. The van der Waals surface area contributed by atoms with Crippen LogP contribution in [0.5, 0.6) is 5.75 Å². The van der Waals surface area contributed by atoms with Crippen LogP contribution < -0.4 is 15.0 Å². The van der Waals surface area contributed by atoms with Crippen molar-refractivity contribution in [2.75, 3.05) is 16.8 Å². The molecule has 1 aromatic heterocycles. The number of rotatable bonds is 5. The van der Waals surface area contributed by atoms with Crippen LogP contribution in [-0.4, -0.2) is 29.4 Å². The lowest BCUT2D eigenvalue weighted by Crippen LogP contribution is -2.47. The highest BCUT2D eigenvalue weighted by molar-refractivity contribution is 7.13. The molecule has 176 valence electrons. The minimum absolute atomic E-state index is 0.105. The molecule has 2 amide bonds. The molecule has 6 nitrogen and oxygen atoms in total. The molecule has 1 unspecified atom stereocenters. The van der Waals surface area contributed by atoms with Crippen LogP contribution in [0.2, 0.25) is 5.02 Å². The van der Waals surface area contributed by atoms with E-state index in [4.69, 9.17) is 21.3 Å². The molecule has 1 atom stereocenters. The predicted molar refractivity (Wildman–Crippen MR) is 135 cm³/mol. The van der Waals surface area contributed by atoms with Gasteiger partial charge in [0.05, 0.1) is 16.4 Å². The summed E-state index contributed by atoms with van der Waals surface area (Å²) in [5.74, 6) is -0.880. The fraction of sp³-hybridized carbons (Fsp3) is 0.115. The van der Waals surface area contributed by atoms with E-state index >= 15 is 0 Å². The number of nitrogens with one attached hydrogen (secondary N) is 1. The van der Waals surface area contributed by atoms with E-state index in [0.717, 1.165) is 21.8 Å². The molecule has 0 fully saturated rings. The lowest BCUT2D eigenvalue weighted by atomic mass is 10.1. The number of hydrogen-bond acceptors (Lipinski definition) is 5. The number of nitrogens with zero attached hydrogens (tertiary/aromatic N) is 2. The number of carbonyl (C=O) groups is 2. The van der Waals surface area contributed by atoms with Crippen molar-refractivity contribution >= 4 is 46.1 Å². The molecule has 5 rings (SSSR count). The Morgan fingerprint density at radius 1 is 1.14 bits per heavy atom. The van der Waals surface area contributed by atoms with Gasteiger partial charge in [-0.25, -0.2) is 9.37 Å². The van der Waals surface area contributed by atoms with Crippen molar-refractivity contribution in [3.8, 4) is 27.6 Å². The number of benzene rings is 3. The molecule has 2 heterocycles. The standard InChI is InChI=1S/C26H19ClFN3O3S/c1-15-26(33)31(13-24(32)29-18-8-9-20(28)19(27)12-18)22-11-17(7-10-23(22)34-15)21-14-35-25(30-21)16-5-3-2-4-6-16/h2-12,14-15H,13H2,1H3,(H,29,32). The SMILES string of the molecule is CC1Oc2ccc(-c3csc(-c4ccccc4)n3)cc2N(CC(=O)Nc2ccc(F)c(Cl)c2)C1=O. The van der Waals surface area contributed by atoms with Gasteiger partial charge in [0.15, 0.2) is 6.10 Å². The summed E-state index contributed by atoms with van der Waals surface area (Å²) in [6, 6.07) is 19.2. The lowest BCUT2D eigenvalue weighted by Gasteiger charge is -2.32. The number of fused-ring (bicyclic) bond motifs is 1. The van der Waals surface area contributed by atoms with Crippen LogP contribution in [0.25, 0.3) is 21.8 Å². The molecule has 0 aliphatic carbocycles. The van der Waals surface area contributed by atoms with Crippen LogP contribution in [-0.2, 0) is 9.59 Å². The van der Waals surface area contributed by atoms with Gasteiger partial charge in [0.25, 0.3) is 5.91 Å². The Hall–Kier alpha value is -3.75. The Morgan fingerprint density at radius 3 is 2.71 bits per heavy atom. The third-order valence-corrected chi connectivity index (χ3v) is 6.67. The zero-order valence-corrected chi connectivity index (χ0v) is 20.1. The second kappa shape index (κ2) is 9.48. The molecule has 4 aromatic rings. The minimum atomic E-state index is -0.745. The van der Waals surface area contributed by atoms with Crippen LogP contribution in [0.15, 0.2) is 72.1 Å². The molecule has 35 heavy (non-hydrogen) atoms. The van der Waals surface area contributed by atoms with E-state index in [2.05, 4.69) is 5.32 Å². The van der Waals surface area contributed by atoms with Gasteiger partial charge in [0.1, 0.15) is 23.1 Å². The van der Waals surface area contributed by atoms with Gasteiger partial charge < -0.3 is 10.1 Å². The maximum Gasteiger partial charge on any atom is 0.268 e. The largest absolute Gasteiger partial charge is 0.479 e. The van der Waals surface area contributed by atoms with Crippen LogP contribution in [0.4, 0.5) is 15.8 Å². The van der Waals surface area contributed by atoms with Crippen molar-refractivity contribution in [3.05, 3.63) is 82.9 Å². The summed E-state index contributed by atoms with van der Waals surface area (Å²) in [5, 5.41) is 5.39. The van der Waals surface area contributed by atoms with E-state index in [1.807, 2.05) is 41.8 Å². The van der Waals surface area contributed by atoms with Gasteiger partial charge in [-0.3, -0.25) is 14.5 Å². The third-order valence-electron chi connectivity index (χ3n) is 5.49. The van der Waals surface area contributed by atoms with Crippen LogP contribution in [0, 0.1) is 5.82 Å². The maximum atomic E-state index is 13.4. The minimum Gasteiger partial charge on any atom is -0.479 e. The molecule has 3 aromatic carbocycles. The van der Waals surface area contributed by atoms with Crippen molar-refractivity contribution in [1.82, 2.24) is 4.98 Å². The Morgan fingerprint density at radius 2 is 1.94 bits per heavy atom. The van der Waals surface area contributed by atoms with Crippen LogP contribution in [0.1, 0.15) is 6.92 Å². The van der Waals surface area contributed by atoms with Gasteiger partial charge in [0, 0.05) is 22.2 Å². The molecular formula is C26H19ClFN3O3S. The molecular weight excluding hydrogens is 489 g/mol. The van der Waals surface area contributed by atoms with Crippen molar-refractivity contribution < 1.29 is 18.7 Å². The van der Waals surface area contributed by atoms with Crippen molar-refractivity contribution in [2.45, 2.75) is 13.0 Å². The molecule has 0 saturated heterocycles. The zero-order chi connectivity index (χ0) is 24.5. The number of carbonyl (C=O) groups excluding carboxylic acids is 2. The van der Waals surface area contributed by atoms with Gasteiger partial charge >= 0.3 is 0 Å². The number of ether oxygens (including phenoxy) is 1. The van der Waals surface area contributed by atoms with Crippen molar-refractivity contribution in [3.63, 3.8) is 0 Å². The fourth-order valence-corrected chi connectivity index (χ4v) is 4.78. The molecule has 0 saturated carbocycles. The molecule has 9 heteroatoms. The summed E-state index contributed by atoms with van der Waals surface area (Å²) in [5.41, 5.74) is 3.39. The topological polar surface area (TPSA) is 71.5 Å². The van der Waals surface area contributed by atoms with Gasteiger partial charge in [-0.05, 0) is 43.3 Å². The summed E-state index contributed by atoms with van der Waals surface area (Å²) in [6.45, 7) is 1.39. The molecule has 1 aliphatic rings. The maximum absolute atomic E-state index is 13.4. The van der Waals surface area contributed by atoms with Gasteiger partial charge in [-0.2, -0.15) is 0 Å². The molecule has 1 N–H and O–H groups in total. The molecule has 0 spiro atoms. The van der Waals surface area contributed by atoms with E-state index in [-0.39, 0.29) is 17.5 Å². The van der Waals surface area contributed by atoms with E-state index in [1.165, 1.54) is 34.4 Å².